The van der Waals surface area contributed by atoms with Gasteiger partial charge in [0.05, 0.1) is 11.0 Å². The fourth-order valence-electron chi connectivity index (χ4n) is 4.76. The molecule has 6 rings (SSSR count). The Morgan fingerprint density at radius 2 is 1.15 bits per heavy atom. The van der Waals surface area contributed by atoms with Crippen LogP contribution in [0.3, 0.4) is 0 Å². The lowest BCUT2D eigenvalue weighted by atomic mass is 10.1. The molecule has 4 aromatic rings. The molecule has 2 aliphatic heterocycles. The molecule has 0 saturated carbocycles. The van der Waals surface area contributed by atoms with Crippen molar-refractivity contribution in [3.8, 4) is 0 Å². The lowest BCUT2D eigenvalue weighted by Crippen LogP contribution is -2.44. The molecule has 0 radical (unpaired) electrons. The van der Waals surface area contributed by atoms with Crippen molar-refractivity contribution < 1.29 is 0 Å². The predicted octanol–water partition coefficient (Wildman–Crippen LogP) is 3.11. The number of anilines is 1. The zero-order valence-corrected chi connectivity index (χ0v) is 24.9. The molecule has 2 aromatic carbocycles. The molecule has 39 heavy (non-hydrogen) atoms. The summed E-state index contributed by atoms with van der Waals surface area (Å²) < 4.78 is 4.93. The number of fused-ring (bicyclic) bond motifs is 2. The van der Waals surface area contributed by atoms with Crippen LogP contribution in [-0.2, 0) is 14.1 Å². The number of likely N-dealkylation sites (N-methyl/N-ethyl adjacent to an activating group) is 2. The van der Waals surface area contributed by atoms with Crippen LogP contribution in [0.2, 0.25) is 0 Å². The van der Waals surface area contributed by atoms with Gasteiger partial charge in [0.25, 0.3) is 0 Å². The van der Waals surface area contributed by atoms with E-state index in [1.807, 2.05) is 53.7 Å². The second kappa shape index (κ2) is 13.4. The van der Waals surface area contributed by atoms with E-state index in [-0.39, 0.29) is 10.9 Å². The van der Waals surface area contributed by atoms with E-state index < -0.39 is 0 Å². The zero-order valence-electron chi connectivity index (χ0n) is 23.4. The first kappa shape index (κ1) is 29.0. The molecule has 2 saturated heterocycles. The Hall–Kier alpha value is -2.98. The summed E-state index contributed by atoms with van der Waals surface area (Å²) in [5.41, 5.74) is 3.33. The van der Waals surface area contributed by atoms with Crippen LogP contribution in [0.1, 0.15) is 0 Å². The molecule has 1 N–H and O–H groups in total. The van der Waals surface area contributed by atoms with Gasteiger partial charge in [-0.25, -0.2) is 0 Å². The molecule has 0 aliphatic carbocycles. The summed E-state index contributed by atoms with van der Waals surface area (Å²) in [5.74, 6) is 0. The summed E-state index contributed by atoms with van der Waals surface area (Å²) in [6, 6.07) is 15.0. The van der Waals surface area contributed by atoms with E-state index in [0.717, 1.165) is 65.5 Å². The molecule has 4 heterocycles. The number of aryl methyl sites for hydroxylation is 2. The van der Waals surface area contributed by atoms with Crippen LogP contribution >= 0.6 is 15.9 Å². The van der Waals surface area contributed by atoms with Crippen molar-refractivity contribution in [2.45, 2.75) is 0 Å². The third-order valence-electron chi connectivity index (χ3n) is 7.34. The molecule has 8 nitrogen and oxygen atoms in total. The maximum atomic E-state index is 11.8. The van der Waals surface area contributed by atoms with Crippen LogP contribution in [0.25, 0.3) is 21.8 Å². The number of nitrogens with zero attached hydrogens (tertiary/aromatic N) is 5. The first-order valence-corrected chi connectivity index (χ1v) is 14.2. The minimum absolute atomic E-state index is 0.0700. The highest BCUT2D eigenvalue weighted by Gasteiger charge is 2.15. The van der Waals surface area contributed by atoms with Crippen molar-refractivity contribution in [1.29, 1.82) is 0 Å². The molecule has 0 bridgehead atoms. The van der Waals surface area contributed by atoms with Crippen molar-refractivity contribution in [2.75, 3.05) is 71.4 Å². The number of hydrogen-bond donors (Lipinski definition) is 1. The average Bonchev–Trinajstić information content (AvgIpc) is 2.94. The Kier molecular flexibility index (Phi) is 9.96. The number of hydrogen-bond acceptors (Lipinski definition) is 6. The van der Waals surface area contributed by atoms with E-state index in [4.69, 9.17) is 0 Å². The van der Waals surface area contributed by atoms with Crippen molar-refractivity contribution in [3.05, 3.63) is 85.8 Å². The predicted molar refractivity (Wildman–Crippen MR) is 166 cm³/mol. The largest absolute Gasteiger partial charge is 0.369 e. The van der Waals surface area contributed by atoms with Crippen LogP contribution in [-0.4, -0.2) is 85.4 Å². The second-order valence-electron chi connectivity index (χ2n) is 10.3. The van der Waals surface area contributed by atoms with E-state index in [1.165, 1.54) is 18.8 Å². The minimum Gasteiger partial charge on any atom is -0.369 e. The fourth-order valence-corrected chi connectivity index (χ4v) is 5.11. The molecule has 2 fully saturated rings. The van der Waals surface area contributed by atoms with E-state index >= 15 is 0 Å². The fraction of sp³-hybridized carbons (Fsp3) is 0.400. The van der Waals surface area contributed by atoms with Crippen LogP contribution < -0.4 is 21.1 Å². The standard InChI is InChI=1S/C15H19N3O.C10H8BrNO.C5H12N2/c1-16-7-9-18(10-8-16)12-3-4-13-14(11-12)17(2)6-5-15(13)19;1-12-5-4-10(13)8-3-2-7(11)6-9(8)12;1-7-4-2-6-3-5-7/h3-6,11H,7-10H2,1-2H3;2-6H,1H3;6H,2-5H2,1H3. The highest BCUT2D eigenvalue weighted by Crippen LogP contribution is 2.21. The van der Waals surface area contributed by atoms with Gasteiger partial charge in [-0.3, -0.25) is 9.59 Å². The average molecular weight is 596 g/mol. The topological polar surface area (TPSA) is 65.8 Å². The summed E-state index contributed by atoms with van der Waals surface area (Å²) in [6.45, 7) is 9.01. The second-order valence-corrected chi connectivity index (χ2v) is 11.2. The molecule has 0 amide bonds. The maximum Gasteiger partial charge on any atom is 0.189 e. The van der Waals surface area contributed by atoms with Gasteiger partial charge in [-0.1, -0.05) is 15.9 Å². The van der Waals surface area contributed by atoms with Crippen molar-refractivity contribution in [1.82, 2.24) is 24.3 Å². The van der Waals surface area contributed by atoms with Crippen LogP contribution in [0.4, 0.5) is 5.69 Å². The minimum atomic E-state index is 0.0700. The summed E-state index contributed by atoms with van der Waals surface area (Å²) in [5, 5.41) is 4.83. The summed E-state index contributed by atoms with van der Waals surface area (Å²) >= 11 is 3.38. The Morgan fingerprint density at radius 3 is 1.69 bits per heavy atom. The van der Waals surface area contributed by atoms with Gasteiger partial charge in [-0.2, -0.15) is 0 Å². The number of pyridine rings is 2. The Morgan fingerprint density at radius 1 is 0.641 bits per heavy atom. The third kappa shape index (κ3) is 7.57. The SMILES string of the molecule is CN1CCN(c2ccc3c(=O)ccn(C)c3c2)CC1.CN1CCNCC1.Cn1ccc(=O)c2ccc(Br)cc21. The summed E-state index contributed by atoms with van der Waals surface area (Å²) in [4.78, 5) is 30.3. The maximum absolute atomic E-state index is 11.8. The van der Waals surface area contributed by atoms with Gasteiger partial charge < -0.3 is 29.2 Å². The van der Waals surface area contributed by atoms with Gasteiger partial charge >= 0.3 is 0 Å². The van der Waals surface area contributed by atoms with Crippen molar-refractivity contribution in [2.24, 2.45) is 14.1 Å². The number of halogens is 1. The van der Waals surface area contributed by atoms with E-state index in [1.54, 1.807) is 18.3 Å². The first-order chi connectivity index (χ1) is 18.7. The van der Waals surface area contributed by atoms with E-state index in [9.17, 15) is 9.59 Å². The quantitative estimate of drug-likeness (QED) is 0.365. The van der Waals surface area contributed by atoms with Gasteiger partial charge in [-0.15, -0.1) is 0 Å². The lowest BCUT2D eigenvalue weighted by Gasteiger charge is -2.34. The van der Waals surface area contributed by atoms with E-state index in [2.05, 4.69) is 62.2 Å². The van der Waals surface area contributed by atoms with E-state index in [0.29, 0.717) is 0 Å². The summed E-state index contributed by atoms with van der Waals surface area (Å²) in [7, 11) is 8.21. The third-order valence-corrected chi connectivity index (χ3v) is 7.83. The Balaban J connectivity index is 0.000000152. The molecule has 0 atom stereocenters. The molecular formula is C30H39BrN6O2. The first-order valence-electron chi connectivity index (χ1n) is 13.4. The van der Waals surface area contributed by atoms with Gasteiger partial charge in [0.2, 0.25) is 0 Å². The van der Waals surface area contributed by atoms with Crippen LogP contribution in [0, 0.1) is 0 Å². The van der Waals surface area contributed by atoms with Gasteiger partial charge in [0, 0.05) is 112 Å². The van der Waals surface area contributed by atoms with Crippen molar-refractivity contribution >= 4 is 43.4 Å². The van der Waals surface area contributed by atoms with Gasteiger partial charge in [0.1, 0.15) is 0 Å². The summed E-state index contributed by atoms with van der Waals surface area (Å²) in [6.07, 6.45) is 3.61. The zero-order chi connectivity index (χ0) is 27.9. The monoisotopic (exact) mass is 594 g/mol. The smallest absolute Gasteiger partial charge is 0.189 e. The normalized spacial score (nSPS) is 16.4. The van der Waals surface area contributed by atoms with Gasteiger partial charge in [0.15, 0.2) is 10.9 Å². The highest BCUT2D eigenvalue weighted by atomic mass is 79.9. The number of rotatable bonds is 1. The molecule has 208 valence electrons. The van der Waals surface area contributed by atoms with Gasteiger partial charge in [-0.05, 0) is 50.5 Å². The Labute approximate surface area is 238 Å². The number of benzene rings is 2. The molecular weight excluding hydrogens is 556 g/mol. The number of piperazine rings is 2. The number of nitrogens with one attached hydrogen (secondary N) is 1. The molecule has 2 aromatic heterocycles. The molecule has 0 spiro atoms. The molecule has 0 unspecified atom stereocenters. The molecule has 9 heteroatoms. The van der Waals surface area contributed by atoms with Crippen molar-refractivity contribution in [3.63, 3.8) is 0 Å². The van der Waals surface area contributed by atoms with Crippen LogP contribution in [0.15, 0.2) is 75.0 Å². The number of aromatic nitrogens is 2. The molecule has 2 aliphatic rings. The lowest BCUT2D eigenvalue weighted by molar-refractivity contribution is 0.291. The highest BCUT2D eigenvalue weighted by molar-refractivity contribution is 9.10. The Bertz CT molecular complexity index is 1520. The van der Waals surface area contributed by atoms with Crippen LogP contribution in [0.5, 0.6) is 0 Å².